The summed E-state index contributed by atoms with van der Waals surface area (Å²) in [5.41, 5.74) is 15.0. The zero-order valence-electron chi connectivity index (χ0n) is 25.2. The molecule has 0 aliphatic heterocycles. The van der Waals surface area contributed by atoms with Crippen molar-refractivity contribution in [1.29, 1.82) is 0 Å². The third kappa shape index (κ3) is 6.66. The van der Waals surface area contributed by atoms with Gasteiger partial charge in [-0.25, -0.2) is 4.39 Å². The van der Waals surface area contributed by atoms with Gasteiger partial charge in [-0.2, -0.15) is 0 Å². The summed E-state index contributed by atoms with van der Waals surface area (Å²) >= 11 is 0. The zero-order chi connectivity index (χ0) is 29.8. The van der Waals surface area contributed by atoms with Crippen molar-refractivity contribution in [3.05, 3.63) is 107 Å². The second-order valence-corrected chi connectivity index (χ2v) is 12.5. The second kappa shape index (κ2) is 12.7. The topological polar surface area (TPSA) is 70.5 Å². The molecule has 2 aliphatic carbocycles. The first-order chi connectivity index (χ1) is 20.9. The lowest BCUT2D eigenvalue weighted by Gasteiger charge is -2.29. The largest absolute Gasteiger partial charge is 0.457 e. The molecule has 0 aromatic heterocycles. The zero-order valence-corrected chi connectivity index (χ0v) is 25.2. The summed E-state index contributed by atoms with van der Waals surface area (Å²) in [6.45, 7) is 1.69. The van der Waals surface area contributed by atoms with Crippen LogP contribution in [0.2, 0.25) is 0 Å². The van der Waals surface area contributed by atoms with E-state index in [0.717, 1.165) is 59.8 Å². The smallest absolute Gasteiger partial charge is 0.158 e. The highest BCUT2D eigenvalue weighted by Gasteiger charge is 2.33. The van der Waals surface area contributed by atoms with E-state index < -0.39 is 5.67 Å². The molecule has 0 saturated heterocycles. The molecule has 4 aromatic carbocycles. The molecule has 2 aliphatic rings. The van der Waals surface area contributed by atoms with Gasteiger partial charge in [-0.1, -0.05) is 50.7 Å². The van der Waals surface area contributed by atoms with Crippen LogP contribution in [0, 0.1) is 0 Å². The van der Waals surface area contributed by atoms with Gasteiger partial charge in [0.25, 0.3) is 0 Å². The quantitative estimate of drug-likeness (QED) is 0.204. The molecule has 0 bridgehead atoms. The Morgan fingerprint density at radius 2 is 0.930 bits per heavy atom. The standard InChI is InChI=1S/C38H43FN2O2/c1-38(39,28-12-22-36(42-32-18-14-30(40)15-19-32)34(24-28)26-8-4-2-5-9-26)29-13-23-37(43-33-20-16-31(41)17-21-33)35(25-29)27-10-6-3-7-11-27/h12-27H,2-11,40-41H2,1H3. The van der Waals surface area contributed by atoms with Crippen LogP contribution in [0.4, 0.5) is 15.8 Å². The van der Waals surface area contributed by atoms with Crippen molar-refractivity contribution in [3.63, 3.8) is 0 Å². The van der Waals surface area contributed by atoms with E-state index in [0.29, 0.717) is 34.3 Å². The summed E-state index contributed by atoms with van der Waals surface area (Å²) in [5.74, 6) is 3.76. The fraction of sp³-hybridized carbons (Fsp3) is 0.368. The molecule has 0 radical (unpaired) electrons. The molecule has 224 valence electrons. The van der Waals surface area contributed by atoms with E-state index in [1.54, 1.807) is 6.92 Å². The van der Waals surface area contributed by atoms with Crippen molar-refractivity contribution in [1.82, 2.24) is 0 Å². The van der Waals surface area contributed by atoms with E-state index in [9.17, 15) is 0 Å². The van der Waals surface area contributed by atoms with E-state index in [4.69, 9.17) is 20.9 Å². The number of hydrogen-bond acceptors (Lipinski definition) is 4. The Kier molecular flexibility index (Phi) is 8.60. The van der Waals surface area contributed by atoms with Gasteiger partial charge in [0, 0.05) is 11.4 Å². The summed E-state index contributed by atoms with van der Waals surface area (Å²) in [6.07, 6.45) is 11.6. The maximum Gasteiger partial charge on any atom is 0.158 e. The molecule has 4 nitrogen and oxygen atoms in total. The first-order valence-electron chi connectivity index (χ1n) is 15.9. The molecule has 0 amide bonds. The van der Waals surface area contributed by atoms with Gasteiger partial charge >= 0.3 is 0 Å². The van der Waals surface area contributed by atoms with Crippen molar-refractivity contribution < 1.29 is 13.9 Å². The van der Waals surface area contributed by atoms with Gasteiger partial charge in [-0.3, -0.25) is 0 Å². The Bertz CT molecular complexity index is 1400. The van der Waals surface area contributed by atoms with E-state index in [1.165, 1.54) is 38.5 Å². The van der Waals surface area contributed by atoms with Crippen LogP contribution in [0.1, 0.15) is 105 Å². The monoisotopic (exact) mass is 578 g/mol. The van der Waals surface area contributed by atoms with Crippen LogP contribution in [0.15, 0.2) is 84.9 Å². The molecule has 2 fully saturated rings. The number of anilines is 2. The van der Waals surface area contributed by atoms with Crippen LogP contribution in [-0.4, -0.2) is 0 Å². The molecule has 0 spiro atoms. The van der Waals surface area contributed by atoms with Crippen LogP contribution in [0.25, 0.3) is 0 Å². The van der Waals surface area contributed by atoms with Crippen LogP contribution in [-0.2, 0) is 5.67 Å². The Hall–Kier alpha value is -3.99. The summed E-state index contributed by atoms with van der Waals surface area (Å²) in [6, 6.07) is 26.7. The van der Waals surface area contributed by atoms with E-state index >= 15 is 4.39 Å². The lowest BCUT2D eigenvalue weighted by atomic mass is 9.79. The summed E-state index contributed by atoms with van der Waals surface area (Å²) < 4.78 is 29.9. The number of ether oxygens (including phenoxy) is 2. The van der Waals surface area contributed by atoms with Crippen molar-refractivity contribution in [2.75, 3.05) is 11.5 Å². The van der Waals surface area contributed by atoms with E-state index in [-0.39, 0.29) is 0 Å². The molecule has 5 heteroatoms. The number of rotatable bonds is 8. The first-order valence-corrected chi connectivity index (χ1v) is 15.9. The van der Waals surface area contributed by atoms with Crippen molar-refractivity contribution >= 4 is 11.4 Å². The number of alkyl halides is 1. The van der Waals surface area contributed by atoms with Gasteiger partial charge in [0.05, 0.1) is 0 Å². The fourth-order valence-electron chi connectivity index (χ4n) is 6.82. The molecular weight excluding hydrogens is 535 g/mol. The Morgan fingerprint density at radius 3 is 1.30 bits per heavy atom. The maximum absolute atomic E-state index is 17.1. The number of benzene rings is 4. The van der Waals surface area contributed by atoms with Crippen LogP contribution >= 0.6 is 0 Å². The highest BCUT2D eigenvalue weighted by Crippen LogP contribution is 2.46. The second-order valence-electron chi connectivity index (χ2n) is 12.5. The molecule has 0 atom stereocenters. The summed E-state index contributed by atoms with van der Waals surface area (Å²) in [5, 5.41) is 0. The Morgan fingerprint density at radius 1 is 0.558 bits per heavy atom. The summed E-state index contributed by atoms with van der Waals surface area (Å²) in [4.78, 5) is 0. The van der Waals surface area contributed by atoms with E-state index in [1.807, 2.05) is 72.8 Å². The number of hydrogen-bond donors (Lipinski definition) is 2. The SMILES string of the molecule is CC(F)(c1ccc(Oc2ccc(N)cc2)c(C2CCCCC2)c1)c1ccc(Oc2ccc(N)cc2)c(C2CCCCC2)c1. The Balaban J connectivity index is 1.36. The minimum absolute atomic E-state index is 0.349. The maximum atomic E-state index is 17.1. The van der Waals surface area contributed by atoms with Gasteiger partial charge in [-0.05, 0) is 139 Å². The van der Waals surface area contributed by atoms with Gasteiger partial charge in [0.2, 0.25) is 0 Å². The molecule has 43 heavy (non-hydrogen) atoms. The van der Waals surface area contributed by atoms with E-state index in [2.05, 4.69) is 12.1 Å². The van der Waals surface area contributed by atoms with Gasteiger partial charge in [0.15, 0.2) is 5.67 Å². The Labute approximate surface area is 255 Å². The van der Waals surface area contributed by atoms with Crippen LogP contribution in [0.3, 0.4) is 0 Å². The molecule has 6 rings (SSSR count). The highest BCUT2D eigenvalue weighted by molar-refractivity contribution is 5.51. The normalized spacial score (nSPS) is 16.6. The molecular formula is C38H43FN2O2. The average Bonchev–Trinajstić information content (AvgIpc) is 3.04. The first kappa shape index (κ1) is 29.1. The lowest BCUT2D eigenvalue weighted by Crippen LogP contribution is -2.19. The molecule has 4 aromatic rings. The lowest BCUT2D eigenvalue weighted by molar-refractivity contribution is 0.250. The van der Waals surface area contributed by atoms with Crippen molar-refractivity contribution in [2.45, 2.75) is 88.6 Å². The predicted molar refractivity (Wildman–Crippen MR) is 174 cm³/mol. The summed E-state index contributed by atoms with van der Waals surface area (Å²) in [7, 11) is 0. The van der Waals surface area contributed by atoms with Crippen molar-refractivity contribution in [3.8, 4) is 23.0 Å². The average molecular weight is 579 g/mol. The van der Waals surface area contributed by atoms with Crippen LogP contribution in [0.5, 0.6) is 23.0 Å². The van der Waals surface area contributed by atoms with Gasteiger partial charge in [0.1, 0.15) is 23.0 Å². The fourth-order valence-corrected chi connectivity index (χ4v) is 6.82. The third-order valence-electron chi connectivity index (χ3n) is 9.41. The van der Waals surface area contributed by atoms with Crippen molar-refractivity contribution in [2.24, 2.45) is 0 Å². The predicted octanol–water partition coefficient (Wildman–Crippen LogP) is 10.8. The minimum Gasteiger partial charge on any atom is -0.457 e. The van der Waals surface area contributed by atoms with Gasteiger partial charge < -0.3 is 20.9 Å². The molecule has 0 heterocycles. The van der Waals surface area contributed by atoms with Crippen LogP contribution < -0.4 is 20.9 Å². The van der Waals surface area contributed by atoms with Gasteiger partial charge in [-0.15, -0.1) is 0 Å². The number of nitrogens with two attached hydrogens (primary N) is 2. The number of nitrogen functional groups attached to an aromatic ring is 2. The third-order valence-corrected chi connectivity index (χ3v) is 9.41. The number of halogens is 1. The molecule has 4 N–H and O–H groups in total. The molecule has 2 saturated carbocycles. The molecule has 0 unspecified atom stereocenters. The highest BCUT2D eigenvalue weighted by atomic mass is 19.1. The minimum atomic E-state index is -1.69.